The van der Waals surface area contributed by atoms with E-state index in [0.717, 1.165) is 29.5 Å². The lowest BCUT2D eigenvalue weighted by molar-refractivity contribution is -0.0860. The van der Waals surface area contributed by atoms with Crippen LogP contribution in [0.1, 0.15) is 57.9 Å². The van der Waals surface area contributed by atoms with E-state index >= 15 is 0 Å². The maximum Gasteiger partial charge on any atom is 0.254 e. The number of likely N-dealkylation sites (tertiary alicyclic amines) is 1. The fraction of sp³-hybridized carbons (Fsp3) is 0.611. The number of carbonyl (C=O) groups excluding carboxylic acids is 1. The van der Waals surface area contributed by atoms with Crippen LogP contribution >= 0.6 is 0 Å². The minimum Gasteiger partial charge on any atom is -0.386 e. The SMILES string of the molecule is CCCC1(O)CN(C(=O)c2c(C)c(C)c(C)c(C)c2C)C1. The second-order valence-corrected chi connectivity index (χ2v) is 6.64. The Balaban J connectivity index is 2.30. The number of carbonyl (C=O) groups is 1. The first-order valence-electron chi connectivity index (χ1n) is 7.80. The topological polar surface area (TPSA) is 40.5 Å². The van der Waals surface area contributed by atoms with Crippen LogP contribution in [0.15, 0.2) is 0 Å². The zero-order chi connectivity index (χ0) is 15.9. The van der Waals surface area contributed by atoms with Crippen LogP contribution in [0.25, 0.3) is 0 Å². The predicted molar refractivity (Wildman–Crippen MR) is 85.9 cm³/mol. The van der Waals surface area contributed by atoms with Crippen molar-refractivity contribution in [2.75, 3.05) is 13.1 Å². The summed E-state index contributed by atoms with van der Waals surface area (Å²) in [5, 5.41) is 10.3. The van der Waals surface area contributed by atoms with E-state index in [0.29, 0.717) is 13.1 Å². The average Bonchev–Trinajstić information content (AvgIpc) is 2.40. The maximum atomic E-state index is 12.8. The molecular weight excluding hydrogens is 262 g/mol. The summed E-state index contributed by atoms with van der Waals surface area (Å²) in [6.07, 6.45) is 1.71. The first-order valence-corrected chi connectivity index (χ1v) is 7.80. The van der Waals surface area contributed by atoms with Gasteiger partial charge in [0, 0.05) is 5.56 Å². The van der Waals surface area contributed by atoms with Crippen LogP contribution in [0, 0.1) is 34.6 Å². The van der Waals surface area contributed by atoms with E-state index in [1.54, 1.807) is 4.90 Å². The normalized spacial score (nSPS) is 16.8. The van der Waals surface area contributed by atoms with Gasteiger partial charge in [-0.15, -0.1) is 0 Å². The van der Waals surface area contributed by atoms with Crippen LogP contribution in [-0.2, 0) is 0 Å². The van der Waals surface area contributed by atoms with Crippen LogP contribution in [0.3, 0.4) is 0 Å². The molecule has 0 bridgehead atoms. The van der Waals surface area contributed by atoms with Crippen molar-refractivity contribution in [2.45, 2.75) is 60.0 Å². The molecule has 3 heteroatoms. The van der Waals surface area contributed by atoms with Crippen molar-refractivity contribution in [3.8, 4) is 0 Å². The number of nitrogens with zero attached hydrogens (tertiary/aromatic N) is 1. The molecule has 1 aromatic carbocycles. The van der Waals surface area contributed by atoms with Crippen LogP contribution < -0.4 is 0 Å². The summed E-state index contributed by atoms with van der Waals surface area (Å²) in [6.45, 7) is 13.3. The van der Waals surface area contributed by atoms with Crippen molar-refractivity contribution < 1.29 is 9.90 Å². The third kappa shape index (κ3) is 2.59. The van der Waals surface area contributed by atoms with Crippen molar-refractivity contribution in [3.05, 3.63) is 33.4 Å². The number of benzene rings is 1. The first-order chi connectivity index (χ1) is 9.72. The lowest BCUT2D eigenvalue weighted by Gasteiger charge is -2.47. The Labute approximate surface area is 128 Å². The molecule has 3 nitrogen and oxygen atoms in total. The molecule has 1 fully saturated rings. The Hall–Kier alpha value is -1.35. The highest BCUT2D eigenvalue weighted by Crippen LogP contribution is 2.31. The summed E-state index contributed by atoms with van der Waals surface area (Å²) in [5.74, 6) is 0.0666. The van der Waals surface area contributed by atoms with Crippen molar-refractivity contribution in [3.63, 3.8) is 0 Å². The number of aliphatic hydroxyl groups is 1. The quantitative estimate of drug-likeness (QED) is 0.928. The van der Waals surface area contributed by atoms with Crippen LogP contribution in [0.5, 0.6) is 0 Å². The summed E-state index contributed by atoms with van der Waals surface area (Å²) in [6, 6.07) is 0. The van der Waals surface area contributed by atoms with Gasteiger partial charge in [0.05, 0.1) is 18.7 Å². The van der Waals surface area contributed by atoms with Gasteiger partial charge in [-0.25, -0.2) is 0 Å². The second-order valence-electron chi connectivity index (χ2n) is 6.64. The number of β-amino-alcohol motifs (C(OH)–C–C–N with tert-alkyl or cyclic N) is 1. The monoisotopic (exact) mass is 289 g/mol. The van der Waals surface area contributed by atoms with Crippen LogP contribution in [0.4, 0.5) is 0 Å². The smallest absolute Gasteiger partial charge is 0.254 e. The maximum absolute atomic E-state index is 12.8. The van der Waals surface area contributed by atoms with E-state index in [4.69, 9.17) is 0 Å². The molecule has 0 saturated carbocycles. The first kappa shape index (κ1) is 16.0. The summed E-state index contributed by atoms with van der Waals surface area (Å²) < 4.78 is 0. The molecule has 1 saturated heterocycles. The summed E-state index contributed by atoms with van der Waals surface area (Å²) in [5.41, 5.74) is 5.98. The van der Waals surface area contributed by atoms with Crippen LogP contribution in [0.2, 0.25) is 0 Å². The minimum atomic E-state index is -0.666. The molecule has 0 aromatic heterocycles. The Kier molecular flexibility index (Phi) is 4.16. The largest absolute Gasteiger partial charge is 0.386 e. The van der Waals surface area contributed by atoms with Crippen molar-refractivity contribution >= 4 is 5.91 Å². The van der Waals surface area contributed by atoms with Gasteiger partial charge in [-0.05, 0) is 68.9 Å². The number of amides is 1. The average molecular weight is 289 g/mol. The zero-order valence-corrected chi connectivity index (χ0v) is 14.1. The van der Waals surface area contributed by atoms with E-state index in [2.05, 4.69) is 27.7 Å². The molecule has 0 spiro atoms. The Morgan fingerprint density at radius 3 is 1.86 bits per heavy atom. The predicted octanol–water partition coefficient (Wildman–Crippen LogP) is 3.22. The van der Waals surface area contributed by atoms with E-state index < -0.39 is 5.60 Å². The molecule has 1 aliphatic heterocycles. The highest BCUT2D eigenvalue weighted by Gasteiger charge is 2.43. The highest BCUT2D eigenvalue weighted by molar-refractivity contribution is 5.98. The lowest BCUT2D eigenvalue weighted by atomic mass is 9.85. The van der Waals surface area contributed by atoms with E-state index in [9.17, 15) is 9.90 Å². The molecule has 21 heavy (non-hydrogen) atoms. The number of hydrogen-bond acceptors (Lipinski definition) is 2. The van der Waals surface area contributed by atoms with Gasteiger partial charge in [0.1, 0.15) is 0 Å². The Morgan fingerprint density at radius 2 is 1.43 bits per heavy atom. The van der Waals surface area contributed by atoms with Gasteiger partial charge < -0.3 is 10.0 Å². The molecule has 1 aliphatic rings. The molecule has 1 amide bonds. The fourth-order valence-electron chi connectivity index (χ4n) is 3.41. The van der Waals surface area contributed by atoms with E-state index in [-0.39, 0.29) is 5.91 Å². The standard InChI is InChI=1S/C18H27NO2/c1-7-8-18(21)9-19(10-18)17(20)16-14(5)12(3)11(2)13(4)15(16)6/h21H,7-10H2,1-6H3. The van der Waals surface area contributed by atoms with Crippen molar-refractivity contribution in [2.24, 2.45) is 0 Å². The lowest BCUT2D eigenvalue weighted by Crippen LogP contribution is -2.63. The van der Waals surface area contributed by atoms with Gasteiger partial charge in [0.15, 0.2) is 0 Å². The van der Waals surface area contributed by atoms with Gasteiger partial charge in [0.25, 0.3) is 5.91 Å². The van der Waals surface area contributed by atoms with Gasteiger partial charge in [-0.2, -0.15) is 0 Å². The Bertz CT molecular complexity index is 554. The molecule has 0 radical (unpaired) electrons. The molecular formula is C18H27NO2. The summed E-state index contributed by atoms with van der Waals surface area (Å²) in [4.78, 5) is 14.6. The van der Waals surface area contributed by atoms with Crippen molar-refractivity contribution in [1.82, 2.24) is 4.90 Å². The molecule has 1 aromatic rings. The van der Waals surface area contributed by atoms with Gasteiger partial charge in [0.2, 0.25) is 0 Å². The Morgan fingerprint density at radius 1 is 1.00 bits per heavy atom. The third-order valence-electron chi connectivity index (χ3n) is 5.19. The van der Waals surface area contributed by atoms with E-state index in [1.165, 1.54) is 16.7 Å². The highest BCUT2D eigenvalue weighted by atomic mass is 16.3. The molecule has 0 aliphatic carbocycles. The summed E-state index contributed by atoms with van der Waals surface area (Å²) in [7, 11) is 0. The molecule has 0 atom stereocenters. The second kappa shape index (κ2) is 5.45. The number of rotatable bonds is 3. The molecule has 2 rings (SSSR count). The third-order valence-corrected chi connectivity index (χ3v) is 5.19. The van der Waals surface area contributed by atoms with Gasteiger partial charge >= 0.3 is 0 Å². The van der Waals surface area contributed by atoms with Gasteiger partial charge in [-0.3, -0.25) is 4.79 Å². The fourth-order valence-corrected chi connectivity index (χ4v) is 3.41. The zero-order valence-electron chi connectivity index (χ0n) is 14.1. The number of hydrogen-bond donors (Lipinski definition) is 1. The van der Waals surface area contributed by atoms with Crippen LogP contribution in [-0.4, -0.2) is 34.6 Å². The minimum absolute atomic E-state index is 0.0666. The van der Waals surface area contributed by atoms with Crippen molar-refractivity contribution in [1.29, 1.82) is 0 Å². The summed E-state index contributed by atoms with van der Waals surface area (Å²) >= 11 is 0. The molecule has 0 unspecified atom stereocenters. The van der Waals surface area contributed by atoms with Gasteiger partial charge in [-0.1, -0.05) is 13.3 Å². The molecule has 1 N–H and O–H groups in total. The molecule has 116 valence electrons. The van der Waals surface area contributed by atoms with E-state index in [1.807, 2.05) is 13.8 Å². The molecule has 1 heterocycles.